The first-order chi connectivity index (χ1) is 11.4. The van der Waals surface area contributed by atoms with Gasteiger partial charge in [-0.15, -0.1) is 0 Å². The number of rotatable bonds is 6. The molecular formula is C17H19N3O4. The normalized spacial score (nSPS) is 12.4. The van der Waals surface area contributed by atoms with E-state index in [1.54, 1.807) is 43.3 Å². The zero-order valence-corrected chi connectivity index (χ0v) is 13.5. The second kappa shape index (κ2) is 7.54. The standard InChI is InChI=1S/C17H19N3O4/c1-3-4-9-13(17(23)24)18-15(21)10-14-11-7-5-6-8-12(11)16(22)20(2)19-14/h3-8,13H,9-10H2,1-2H3,(H,18,21)(H,23,24)/b4-3+. The van der Waals surface area contributed by atoms with Crippen LogP contribution in [0.25, 0.3) is 10.8 Å². The predicted octanol–water partition coefficient (Wildman–Crippen LogP) is 1.01. The summed E-state index contributed by atoms with van der Waals surface area (Å²) in [5.74, 6) is -1.55. The number of aromatic nitrogens is 2. The molecule has 0 saturated carbocycles. The maximum absolute atomic E-state index is 12.2. The summed E-state index contributed by atoms with van der Waals surface area (Å²) in [5, 5.41) is 16.8. The molecule has 0 aliphatic rings. The Morgan fingerprint density at radius 1 is 1.33 bits per heavy atom. The molecule has 1 atom stereocenters. The van der Waals surface area contributed by atoms with Crippen molar-refractivity contribution >= 4 is 22.6 Å². The molecule has 1 heterocycles. The van der Waals surface area contributed by atoms with Crippen LogP contribution in [0.3, 0.4) is 0 Å². The predicted molar refractivity (Wildman–Crippen MR) is 89.7 cm³/mol. The first kappa shape index (κ1) is 17.4. The molecule has 7 heteroatoms. The van der Waals surface area contributed by atoms with Crippen molar-refractivity contribution in [3.63, 3.8) is 0 Å². The molecule has 7 nitrogen and oxygen atoms in total. The number of carboxylic acids is 1. The van der Waals surface area contributed by atoms with Crippen LogP contribution in [0.2, 0.25) is 0 Å². The maximum atomic E-state index is 12.2. The van der Waals surface area contributed by atoms with E-state index in [4.69, 9.17) is 5.11 Å². The third-order valence-electron chi connectivity index (χ3n) is 3.60. The Hall–Kier alpha value is -2.96. The van der Waals surface area contributed by atoms with Crippen molar-refractivity contribution in [3.8, 4) is 0 Å². The second-order valence-corrected chi connectivity index (χ2v) is 5.36. The summed E-state index contributed by atoms with van der Waals surface area (Å²) in [6, 6.07) is 5.91. The van der Waals surface area contributed by atoms with Gasteiger partial charge in [0, 0.05) is 12.4 Å². The van der Waals surface area contributed by atoms with Crippen molar-refractivity contribution in [1.82, 2.24) is 15.1 Å². The number of carbonyl (C=O) groups excluding carboxylic acids is 1. The number of aliphatic carboxylic acids is 1. The van der Waals surface area contributed by atoms with Crippen molar-refractivity contribution in [2.45, 2.75) is 25.8 Å². The number of fused-ring (bicyclic) bond motifs is 1. The Morgan fingerprint density at radius 2 is 2.00 bits per heavy atom. The number of amides is 1. The van der Waals surface area contributed by atoms with Gasteiger partial charge in [0.25, 0.3) is 5.56 Å². The number of benzene rings is 1. The minimum Gasteiger partial charge on any atom is -0.480 e. The van der Waals surface area contributed by atoms with Gasteiger partial charge >= 0.3 is 5.97 Å². The highest BCUT2D eigenvalue weighted by molar-refractivity contribution is 5.90. The SMILES string of the molecule is C/C=C/CC(NC(=O)Cc1nn(C)c(=O)c2ccccc12)C(=O)O. The van der Waals surface area contributed by atoms with Gasteiger partial charge < -0.3 is 10.4 Å². The average Bonchev–Trinajstić information content (AvgIpc) is 2.56. The van der Waals surface area contributed by atoms with E-state index in [9.17, 15) is 14.4 Å². The summed E-state index contributed by atoms with van der Waals surface area (Å²) < 4.78 is 1.18. The van der Waals surface area contributed by atoms with Gasteiger partial charge in [0.15, 0.2) is 0 Å². The molecule has 0 spiro atoms. The largest absolute Gasteiger partial charge is 0.480 e. The zero-order chi connectivity index (χ0) is 17.7. The molecule has 2 rings (SSSR count). The third-order valence-corrected chi connectivity index (χ3v) is 3.60. The number of nitrogens with zero attached hydrogens (tertiary/aromatic N) is 2. The van der Waals surface area contributed by atoms with Crippen molar-refractivity contribution in [2.75, 3.05) is 0 Å². The molecule has 2 N–H and O–H groups in total. The molecule has 1 aromatic heterocycles. The first-order valence-electron chi connectivity index (χ1n) is 7.52. The van der Waals surface area contributed by atoms with Crippen molar-refractivity contribution in [1.29, 1.82) is 0 Å². The van der Waals surface area contributed by atoms with E-state index < -0.39 is 17.9 Å². The molecule has 0 fully saturated rings. The van der Waals surface area contributed by atoms with Gasteiger partial charge in [-0.1, -0.05) is 30.4 Å². The zero-order valence-electron chi connectivity index (χ0n) is 13.5. The van der Waals surface area contributed by atoms with Crippen LogP contribution in [0.4, 0.5) is 0 Å². The number of nitrogens with one attached hydrogen (secondary N) is 1. The molecule has 0 saturated heterocycles. The van der Waals surface area contributed by atoms with Crippen LogP contribution in [0, 0.1) is 0 Å². The summed E-state index contributed by atoms with van der Waals surface area (Å²) in [4.78, 5) is 35.5. The summed E-state index contributed by atoms with van der Waals surface area (Å²) in [6.07, 6.45) is 3.51. The molecular weight excluding hydrogens is 310 g/mol. The van der Waals surface area contributed by atoms with Gasteiger partial charge in [-0.25, -0.2) is 9.48 Å². The summed E-state index contributed by atoms with van der Waals surface area (Å²) in [7, 11) is 1.52. The highest BCUT2D eigenvalue weighted by atomic mass is 16.4. The van der Waals surface area contributed by atoms with Crippen LogP contribution >= 0.6 is 0 Å². The highest BCUT2D eigenvalue weighted by Gasteiger charge is 2.20. The second-order valence-electron chi connectivity index (χ2n) is 5.36. The fourth-order valence-corrected chi connectivity index (χ4v) is 2.40. The fourth-order valence-electron chi connectivity index (χ4n) is 2.40. The smallest absolute Gasteiger partial charge is 0.326 e. The lowest BCUT2D eigenvalue weighted by Crippen LogP contribution is -2.41. The van der Waals surface area contributed by atoms with E-state index in [0.717, 1.165) is 0 Å². The molecule has 2 aromatic rings. The van der Waals surface area contributed by atoms with Gasteiger partial charge in [-0.3, -0.25) is 9.59 Å². The van der Waals surface area contributed by atoms with E-state index in [-0.39, 0.29) is 18.4 Å². The molecule has 0 aliphatic heterocycles. The Morgan fingerprint density at radius 3 is 2.62 bits per heavy atom. The van der Waals surface area contributed by atoms with Crippen LogP contribution in [0.1, 0.15) is 19.0 Å². The number of allylic oxidation sites excluding steroid dienone is 1. The molecule has 1 amide bonds. The lowest BCUT2D eigenvalue weighted by Gasteiger charge is -2.13. The van der Waals surface area contributed by atoms with Crippen molar-refractivity contribution in [3.05, 3.63) is 52.5 Å². The van der Waals surface area contributed by atoms with Gasteiger partial charge in [0.05, 0.1) is 17.5 Å². The summed E-state index contributed by atoms with van der Waals surface area (Å²) in [6.45, 7) is 1.78. The Labute approximate surface area is 138 Å². The van der Waals surface area contributed by atoms with E-state index in [2.05, 4.69) is 10.4 Å². The lowest BCUT2D eigenvalue weighted by molar-refractivity contribution is -0.141. The van der Waals surface area contributed by atoms with Crippen molar-refractivity contribution in [2.24, 2.45) is 7.05 Å². The number of hydrogen-bond acceptors (Lipinski definition) is 4. The van der Waals surface area contributed by atoms with Crippen LogP contribution in [0.5, 0.6) is 0 Å². The van der Waals surface area contributed by atoms with E-state index in [1.165, 1.54) is 11.7 Å². The average molecular weight is 329 g/mol. The van der Waals surface area contributed by atoms with Gasteiger partial charge in [0.1, 0.15) is 6.04 Å². The Balaban J connectivity index is 2.26. The summed E-state index contributed by atoms with van der Waals surface area (Å²) >= 11 is 0. The molecule has 24 heavy (non-hydrogen) atoms. The number of carboxylic acid groups (broad SMARTS) is 1. The van der Waals surface area contributed by atoms with Crippen molar-refractivity contribution < 1.29 is 14.7 Å². The molecule has 126 valence electrons. The van der Waals surface area contributed by atoms with E-state index in [1.807, 2.05) is 0 Å². The van der Waals surface area contributed by atoms with E-state index in [0.29, 0.717) is 16.5 Å². The maximum Gasteiger partial charge on any atom is 0.326 e. The molecule has 1 unspecified atom stereocenters. The minimum atomic E-state index is -1.10. The number of hydrogen-bond donors (Lipinski definition) is 2. The van der Waals surface area contributed by atoms with Crippen LogP contribution in [-0.2, 0) is 23.1 Å². The topological polar surface area (TPSA) is 101 Å². The Bertz CT molecular complexity index is 855. The number of carbonyl (C=O) groups is 2. The monoisotopic (exact) mass is 329 g/mol. The van der Waals surface area contributed by atoms with Crippen LogP contribution in [0.15, 0.2) is 41.2 Å². The molecule has 0 radical (unpaired) electrons. The fraction of sp³-hybridized carbons (Fsp3) is 0.294. The number of aryl methyl sites for hydroxylation is 1. The van der Waals surface area contributed by atoms with E-state index >= 15 is 0 Å². The first-order valence-corrected chi connectivity index (χ1v) is 7.52. The van der Waals surface area contributed by atoms with Crippen LogP contribution < -0.4 is 10.9 Å². The highest BCUT2D eigenvalue weighted by Crippen LogP contribution is 2.13. The third kappa shape index (κ3) is 3.87. The van der Waals surface area contributed by atoms with Crippen LogP contribution in [-0.4, -0.2) is 32.8 Å². The van der Waals surface area contributed by atoms with Gasteiger partial charge in [-0.05, 0) is 19.4 Å². The lowest BCUT2D eigenvalue weighted by atomic mass is 10.1. The molecule has 1 aromatic carbocycles. The molecule has 0 bridgehead atoms. The van der Waals surface area contributed by atoms with Gasteiger partial charge in [0.2, 0.25) is 5.91 Å². The summed E-state index contributed by atoms with van der Waals surface area (Å²) in [5.41, 5.74) is 0.187. The quantitative estimate of drug-likeness (QED) is 0.770. The van der Waals surface area contributed by atoms with Gasteiger partial charge in [-0.2, -0.15) is 5.10 Å². The Kier molecular flexibility index (Phi) is 5.47. The minimum absolute atomic E-state index is 0.103. The molecule has 0 aliphatic carbocycles.